The second-order valence-corrected chi connectivity index (χ2v) is 16.2. The van der Waals surface area contributed by atoms with E-state index in [1.54, 1.807) is 101 Å². The van der Waals surface area contributed by atoms with E-state index in [4.69, 9.17) is 18.9 Å². The number of aromatic nitrogens is 6. The maximum absolute atomic E-state index is 14.9. The minimum Gasteiger partial charge on any atom is -0.385 e. The van der Waals surface area contributed by atoms with Crippen LogP contribution in [0.4, 0.5) is 47.1 Å². The van der Waals surface area contributed by atoms with Gasteiger partial charge in [0.1, 0.15) is 0 Å². The van der Waals surface area contributed by atoms with Gasteiger partial charge in [0, 0.05) is 114 Å². The standard InChI is InChI=1S/C50H54N12O8/c1-67-25-9-21-51-45-57-46(52-22-10-26-68-2)60-49(59-45)55-35-19-17-29(37-39(35)43(65)33-15-7-5-13-31(33)41(37)63)30-18-20-36(40-38(30)42(64)32-14-6-8-16-34(32)44(40)66)56-50-61-47(53-23-11-27-69-3)58-48(62-50)54-24-12-28-70-4/h5-8,13-20H,9-12,21-28H2,1-4H3,(H3,51,52,55,57,59,60)(H3,53,54,56,58,61,62). The van der Waals surface area contributed by atoms with Crippen LogP contribution in [-0.4, -0.2) is 134 Å². The summed E-state index contributed by atoms with van der Waals surface area (Å²) >= 11 is 0. The Labute approximate surface area is 404 Å². The van der Waals surface area contributed by atoms with Crippen molar-refractivity contribution in [3.05, 3.63) is 117 Å². The average molecular weight is 951 g/mol. The molecule has 0 atom stereocenters. The molecule has 0 saturated heterocycles. The number of nitrogens with zero attached hydrogens (tertiary/aromatic N) is 6. The van der Waals surface area contributed by atoms with Crippen molar-refractivity contribution in [2.45, 2.75) is 25.7 Å². The quantitative estimate of drug-likeness (QED) is 0.0332. The number of benzene rings is 4. The van der Waals surface area contributed by atoms with Crippen LogP contribution in [0, 0.1) is 0 Å². The van der Waals surface area contributed by atoms with E-state index in [0.29, 0.717) is 78.3 Å². The second-order valence-electron chi connectivity index (χ2n) is 16.2. The van der Waals surface area contributed by atoms with E-state index in [2.05, 4.69) is 61.8 Å². The van der Waals surface area contributed by atoms with E-state index >= 15 is 0 Å². The largest absolute Gasteiger partial charge is 0.385 e. The summed E-state index contributed by atoms with van der Waals surface area (Å²) in [7, 11) is 6.50. The Morgan fingerprint density at radius 2 is 0.614 bits per heavy atom. The number of anilines is 8. The van der Waals surface area contributed by atoms with E-state index in [0.717, 1.165) is 0 Å². The van der Waals surface area contributed by atoms with Crippen molar-refractivity contribution < 1.29 is 38.1 Å². The molecule has 6 aromatic rings. The third-order valence-corrected chi connectivity index (χ3v) is 11.4. The summed E-state index contributed by atoms with van der Waals surface area (Å²) in [5, 5.41) is 19.2. The van der Waals surface area contributed by atoms with Gasteiger partial charge in [-0.05, 0) is 48.9 Å². The minimum absolute atomic E-state index is 0.0337. The molecule has 6 N–H and O–H groups in total. The van der Waals surface area contributed by atoms with Gasteiger partial charge in [0.25, 0.3) is 0 Å². The summed E-state index contributed by atoms with van der Waals surface area (Å²) in [6.07, 6.45) is 2.75. The van der Waals surface area contributed by atoms with Gasteiger partial charge in [-0.3, -0.25) is 19.2 Å². The molecule has 20 heteroatoms. The highest BCUT2D eigenvalue weighted by atomic mass is 16.5. The van der Waals surface area contributed by atoms with Crippen molar-refractivity contribution in [2.75, 3.05) is 113 Å². The van der Waals surface area contributed by atoms with Crippen LogP contribution in [-0.2, 0) is 18.9 Å². The fourth-order valence-electron chi connectivity index (χ4n) is 8.19. The minimum atomic E-state index is -0.451. The van der Waals surface area contributed by atoms with Gasteiger partial charge in [-0.1, -0.05) is 60.7 Å². The Bertz CT molecular complexity index is 2660. The summed E-state index contributed by atoms with van der Waals surface area (Å²) < 4.78 is 20.8. The Balaban J connectivity index is 1.25. The van der Waals surface area contributed by atoms with Crippen molar-refractivity contribution in [2.24, 2.45) is 0 Å². The summed E-state index contributed by atoms with van der Waals surface area (Å²) in [5.74, 6) is -0.509. The molecule has 0 saturated carbocycles. The molecule has 0 fully saturated rings. The van der Waals surface area contributed by atoms with Crippen LogP contribution in [0.3, 0.4) is 0 Å². The van der Waals surface area contributed by atoms with Crippen LogP contribution in [0.2, 0.25) is 0 Å². The fraction of sp³-hybridized carbons (Fsp3) is 0.320. The van der Waals surface area contributed by atoms with E-state index < -0.39 is 23.1 Å². The molecule has 20 nitrogen and oxygen atoms in total. The lowest BCUT2D eigenvalue weighted by atomic mass is 9.75. The van der Waals surface area contributed by atoms with Gasteiger partial charge in [-0.2, -0.15) is 29.9 Å². The molecular weight excluding hydrogens is 897 g/mol. The van der Waals surface area contributed by atoms with Gasteiger partial charge < -0.3 is 50.8 Å². The summed E-state index contributed by atoms with van der Waals surface area (Å²) in [4.78, 5) is 87.0. The van der Waals surface area contributed by atoms with Crippen LogP contribution in [0.1, 0.15) is 89.4 Å². The van der Waals surface area contributed by atoms with E-state index in [9.17, 15) is 19.2 Å². The van der Waals surface area contributed by atoms with Gasteiger partial charge in [-0.15, -0.1) is 0 Å². The first-order valence-corrected chi connectivity index (χ1v) is 22.9. The summed E-state index contributed by atoms with van der Waals surface area (Å²) in [6, 6.07) is 19.8. The Morgan fingerprint density at radius 1 is 0.343 bits per heavy atom. The summed E-state index contributed by atoms with van der Waals surface area (Å²) in [5.41, 5.74) is 1.94. The van der Waals surface area contributed by atoms with E-state index in [1.165, 1.54) is 0 Å². The van der Waals surface area contributed by atoms with E-state index in [-0.39, 0.29) is 103 Å². The Hall–Kier alpha value is -7.78. The van der Waals surface area contributed by atoms with Crippen LogP contribution >= 0.6 is 0 Å². The molecule has 2 aliphatic carbocycles. The van der Waals surface area contributed by atoms with Crippen molar-refractivity contribution in [1.29, 1.82) is 0 Å². The van der Waals surface area contributed by atoms with Crippen LogP contribution in [0.5, 0.6) is 0 Å². The number of ketones is 4. The van der Waals surface area contributed by atoms with Gasteiger partial charge in [0.15, 0.2) is 23.1 Å². The third-order valence-electron chi connectivity index (χ3n) is 11.4. The normalized spacial score (nSPS) is 12.5. The molecule has 0 bridgehead atoms. The van der Waals surface area contributed by atoms with Crippen LogP contribution in [0.25, 0.3) is 11.1 Å². The van der Waals surface area contributed by atoms with Crippen LogP contribution in [0.15, 0.2) is 72.8 Å². The zero-order chi connectivity index (χ0) is 49.0. The lowest BCUT2D eigenvalue weighted by Gasteiger charge is -2.26. The number of fused-ring (bicyclic) bond motifs is 4. The molecule has 0 amide bonds. The molecule has 0 spiro atoms. The number of rotatable bonds is 25. The Morgan fingerprint density at radius 3 is 0.900 bits per heavy atom. The predicted molar refractivity (Wildman–Crippen MR) is 265 cm³/mol. The van der Waals surface area contributed by atoms with Crippen molar-refractivity contribution in [3.8, 4) is 11.1 Å². The van der Waals surface area contributed by atoms with Crippen LogP contribution < -0.4 is 31.9 Å². The lowest BCUT2D eigenvalue weighted by Crippen LogP contribution is -2.25. The molecule has 362 valence electrons. The molecule has 2 heterocycles. The highest BCUT2D eigenvalue weighted by Crippen LogP contribution is 2.44. The topological polar surface area (TPSA) is 255 Å². The highest BCUT2D eigenvalue weighted by Gasteiger charge is 2.39. The third kappa shape index (κ3) is 10.7. The van der Waals surface area contributed by atoms with Gasteiger partial charge in [0.2, 0.25) is 35.7 Å². The zero-order valence-electron chi connectivity index (χ0n) is 39.4. The molecule has 4 aromatic carbocycles. The molecule has 70 heavy (non-hydrogen) atoms. The average Bonchev–Trinajstić information content (AvgIpc) is 3.37. The number of hydrogen-bond acceptors (Lipinski definition) is 20. The summed E-state index contributed by atoms with van der Waals surface area (Å²) in [6.45, 7) is 4.14. The van der Waals surface area contributed by atoms with Gasteiger partial charge >= 0.3 is 0 Å². The first-order valence-electron chi connectivity index (χ1n) is 22.9. The molecule has 8 rings (SSSR count). The SMILES string of the molecule is COCCCNc1nc(NCCCOC)nc(Nc2ccc(-c3ccc(Nc4nc(NCCCOC)nc(NCCCOC)n4)c4c3C(=O)c3ccccc3C4=O)c3c2C(=O)c2ccccc2C3=O)n1. The second kappa shape index (κ2) is 23.0. The molecule has 0 unspecified atom stereocenters. The number of nitrogens with one attached hydrogen (secondary N) is 6. The lowest BCUT2D eigenvalue weighted by molar-refractivity contribution is 0.0978. The molecule has 0 aliphatic heterocycles. The number of carbonyl (C=O) groups excluding carboxylic acids is 4. The predicted octanol–water partition coefficient (Wildman–Crippen LogP) is 6.56. The maximum atomic E-state index is 14.9. The van der Waals surface area contributed by atoms with E-state index in [1.807, 2.05) is 0 Å². The zero-order valence-corrected chi connectivity index (χ0v) is 39.4. The molecule has 2 aromatic heterocycles. The van der Waals surface area contributed by atoms with Gasteiger partial charge in [0.05, 0.1) is 22.5 Å². The smallest absolute Gasteiger partial charge is 0.233 e. The van der Waals surface area contributed by atoms with Gasteiger partial charge in [-0.25, -0.2) is 0 Å². The number of hydrogen-bond donors (Lipinski definition) is 6. The van der Waals surface area contributed by atoms with Crippen molar-refractivity contribution in [3.63, 3.8) is 0 Å². The maximum Gasteiger partial charge on any atom is 0.233 e. The first kappa shape index (κ1) is 48.7. The molecular formula is C50H54N12O8. The fourth-order valence-corrected chi connectivity index (χ4v) is 8.19. The highest BCUT2D eigenvalue weighted by molar-refractivity contribution is 6.35. The number of methoxy groups -OCH3 is 4. The monoisotopic (exact) mass is 950 g/mol. The Kier molecular flexibility index (Phi) is 16.0. The molecule has 0 radical (unpaired) electrons. The van der Waals surface area contributed by atoms with Crippen molar-refractivity contribution in [1.82, 2.24) is 29.9 Å². The molecule has 2 aliphatic rings. The number of ether oxygens (including phenoxy) is 4. The van der Waals surface area contributed by atoms with Crippen molar-refractivity contribution >= 4 is 70.2 Å². The number of carbonyl (C=O) groups is 4. The first-order chi connectivity index (χ1) is 34.2.